The Kier molecular flexibility index (Phi) is 4.47. The number of aromatic nitrogens is 1. The van der Waals surface area contributed by atoms with E-state index in [1.165, 1.54) is 5.56 Å². The minimum Gasteiger partial charge on any atom is -0.496 e. The second-order valence-electron chi connectivity index (χ2n) is 6.71. The van der Waals surface area contributed by atoms with E-state index in [4.69, 9.17) is 27.1 Å². The lowest BCUT2D eigenvalue weighted by atomic mass is 9.98. The molecule has 0 fully saturated rings. The SMILES string of the molecule is CCCN1Cc2nc3c(-c4cc(Cl)ccc4OC)cccc3c(N)c2C1. The molecule has 0 atom stereocenters. The van der Waals surface area contributed by atoms with Crippen LogP contribution in [0.2, 0.25) is 5.02 Å². The third kappa shape index (κ3) is 2.79. The molecule has 0 amide bonds. The summed E-state index contributed by atoms with van der Waals surface area (Å²) >= 11 is 6.25. The topological polar surface area (TPSA) is 51.4 Å². The molecule has 0 saturated heterocycles. The highest BCUT2D eigenvalue weighted by Crippen LogP contribution is 2.40. The predicted molar refractivity (Wildman–Crippen MR) is 108 cm³/mol. The Hall–Kier alpha value is -2.30. The average molecular weight is 368 g/mol. The minimum absolute atomic E-state index is 0.668. The van der Waals surface area contributed by atoms with Gasteiger partial charge in [0.15, 0.2) is 0 Å². The minimum atomic E-state index is 0.668. The van der Waals surface area contributed by atoms with Crippen molar-refractivity contribution in [3.63, 3.8) is 0 Å². The maximum atomic E-state index is 6.55. The van der Waals surface area contributed by atoms with Gasteiger partial charge in [0, 0.05) is 45.9 Å². The third-order valence-corrected chi connectivity index (χ3v) is 5.23. The van der Waals surface area contributed by atoms with Crippen molar-refractivity contribution < 1.29 is 4.74 Å². The van der Waals surface area contributed by atoms with Crippen LogP contribution in [0.3, 0.4) is 0 Å². The van der Waals surface area contributed by atoms with E-state index in [1.54, 1.807) is 7.11 Å². The van der Waals surface area contributed by atoms with Gasteiger partial charge in [0.05, 0.1) is 18.3 Å². The van der Waals surface area contributed by atoms with E-state index >= 15 is 0 Å². The molecule has 1 aliphatic heterocycles. The van der Waals surface area contributed by atoms with Crippen LogP contribution in [0.1, 0.15) is 24.6 Å². The number of rotatable bonds is 4. The molecule has 0 radical (unpaired) electrons. The fraction of sp³-hybridized carbons (Fsp3) is 0.286. The standard InChI is InChI=1S/C21H22ClN3O/c1-3-9-25-11-17-18(12-25)24-21-14(5-4-6-15(21)20(17)23)16-10-13(22)7-8-19(16)26-2/h4-8,10H,3,9,11-12H2,1-2H3,(H2,23,24). The Labute approximate surface area is 158 Å². The Bertz CT molecular complexity index is 987. The van der Waals surface area contributed by atoms with Gasteiger partial charge in [-0.05, 0) is 31.2 Å². The molecule has 2 aromatic carbocycles. The summed E-state index contributed by atoms with van der Waals surface area (Å²) < 4.78 is 5.55. The second-order valence-corrected chi connectivity index (χ2v) is 7.14. The molecule has 1 aliphatic rings. The lowest BCUT2D eigenvalue weighted by Gasteiger charge is -2.14. The highest BCUT2D eigenvalue weighted by Gasteiger charge is 2.24. The summed E-state index contributed by atoms with van der Waals surface area (Å²) in [6.45, 7) is 4.98. The number of nitrogens with zero attached hydrogens (tertiary/aromatic N) is 2. The van der Waals surface area contributed by atoms with Crippen molar-refractivity contribution in [3.05, 3.63) is 52.7 Å². The second kappa shape index (κ2) is 6.78. The number of anilines is 1. The maximum Gasteiger partial charge on any atom is 0.126 e. The van der Waals surface area contributed by atoms with Gasteiger partial charge in [-0.15, -0.1) is 0 Å². The summed E-state index contributed by atoms with van der Waals surface area (Å²) in [5.74, 6) is 0.773. The molecule has 0 saturated carbocycles. The summed E-state index contributed by atoms with van der Waals surface area (Å²) in [6, 6.07) is 11.7. The summed E-state index contributed by atoms with van der Waals surface area (Å²) in [5.41, 5.74) is 12.5. The molecule has 1 aromatic heterocycles. The van der Waals surface area contributed by atoms with Crippen molar-refractivity contribution in [1.82, 2.24) is 9.88 Å². The number of pyridine rings is 1. The molecular formula is C21H22ClN3O. The summed E-state index contributed by atoms with van der Waals surface area (Å²) in [6.07, 6.45) is 1.12. The molecule has 0 spiro atoms. The first-order valence-electron chi connectivity index (χ1n) is 8.88. The molecule has 0 bridgehead atoms. The molecule has 4 rings (SSSR count). The molecular weight excluding hydrogens is 346 g/mol. The van der Waals surface area contributed by atoms with Crippen molar-refractivity contribution in [1.29, 1.82) is 0 Å². The Balaban J connectivity index is 1.93. The summed E-state index contributed by atoms with van der Waals surface area (Å²) in [4.78, 5) is 7.41. The number of hydrogen-bond donors (Lipinski definition) is 1. The largest absolute Gasteiger partial charge is 0.496 e. The van der Waals surface area contributed by atoms with Crippen molar-refractivity contribution in [2.24, 2.45) is 0 Å². The number of nitrogen functional groups attached to an aromatic ring is 1. The van der Waals surface area contributed by atoms with Crippen LogP contribution in [0, 0.1) is 0 Å². The fourth-order valence-corrected chi connectivity index (χ4v) is 3.95. The first-order valence-corrected chi connectivity index (χ1v) is 9.26. The van der Waals surface area contributed by atoms with E-state index in [9.17, 15) is 0 Å². The lowest BCUT2D eigenvalue weighted by molar-refractivity contribution is 0.283. The molecule has 4 nitrogen and oxygen atoms in total. The van der Waals surface area contributed by atoms with Gasteiger partial charge in [-0.1, -0.05) is 36.7 Å². The van der Waals surface area contributed by atoms with Crippen molar-refractivity contribution in [3.8, 4) is 16.9 Å². The van der Waals surface area contributed by atoms with Gasteiger partial charge in [-0.25, -0.2) is 0 Å². The molecule has 134 valence electrons. The first kappa shape index (κ1) is 17.1. The van der Waals surface area contributed by atoms with Gasteiger partial charge in [0.1, 0.15) is 5.75 Å². The zero-order chi connectivity index (χ0) is 18.3. The molecule has 0 unspecified atom stereocenters. The Morgan fingerprint density at radius 3 is 2.81 bits per heavy atom. The number of ether oxygens (including phenoxy) is 1. The van der Waals surface area contributed by atoms with E-state index in [-0.39, 0.29) is 0 Å². The van der Waals surface area contributed by atoms with Crippen molar-refractivity contribution in [2.45, 2.75) is 26.4 Å². The number of methoxy groups -OCH3 is 1. The van der Waals surface area contributed by atoms with E-state index < -0.39 is 0 Å². The van der Waals surface area contributed by atoms with Crippen molar-refractivity contribution >= 4 is 28.2 Å². The van der Waals surface area contributed by atoms with Gasteiger partial charge in [0.2, 0.25) is 0 Å². The monoisotopic (exact) mass is 367 g/mol. The van der Waals surface area contributed by atoms with Crippen LogP contribution in [0.5, 0.6) is 5.75 Å². The number of para-hydroxylation sites is 1. The van der Waals surface area contributed by atoms with E-state index in [0.717, 1.165) is 65.2 Å². The Morgan fingerprint density at radius 1 is 1.19 bits per heavy atom. The van der Waals surface area contributed by atoms with Gasteiger partial charge >= 0.3 is 0 Å². The van der Waals surface area contributed by atoms with Gasteiger partial charge < -0.3 is 10.5 Å². The molecule has 5 heteroatoms. The molecule has 2 heterocycles. The molecule has 0 aliphatic carbocycles. The van der Waals surface area contributed by atoms with E-state index in [0.29, 0.717) is 5.02 Å². The zero-order valence-corrected chi connectivity index (χ0v) is 15.8. The molecule has 3 aromatic rings. The first-order chi connectivity index (χ1) is 12.6. The smallest absolute Gasteiger partial charge is 0.126 e. The number of fused-ring (bicyclic) bond motifs is 2. The lowest BCUT2D eigenvalue weighted by Crippen LogP contribution is -2.16. The van der Waals surface area contributed by atoms with Crippen LogP contribution < -0.4 is 10.5 Å². The van der Waals surface area contributed by atoms with Crippen molar-refractivity contribution in [2.75, 3.05) is 19.4 Å². The van der Waals surface area contributed by atoms with Gasteiger partial charge in [-0.3, -0.25) is 9.88 Å². The predicted octanol–water partition coefficient (Wildman–Crippen LogP) is 4.87. The van der Waals surface area contributed by atoms with Crippen LogP contribution in [-0.2, 0) is 13.1 Å². The Morgan fingerprint density at radius 2 is 2.04 bits per heavy atom. The third-order valence-electron chi connectivity index (χ3n) is 4.99. The summed E-state index contributed by atoms with van der Waals surface area (Å²) in [5, 5.41) is 1.66. The number of benzene rings is 2. The highest BCUT2D eigenvalue weighted by molar-refractivity contribution is 6.31. The quantitative estimate of drug-likeness (QED) is 0.714. The van der Waals surface area contributed by atoms with Gasteiger partial charge in [-0.2, -0.15) is 0 Å². The molecule has 26 heavy (non-hydrogen) atoms. The van der Waals surface area contributed by atoms with Crippen LogP contribution in [0.25, 0.3) is 22.0 Å². The van der Waals surface area contributed by atoms with Crippen LogP contribution in [0.4, 0.5) is 5.69 Å². The van der Waals surface area contributed by atoms with Gasteiger partial charge in [0.25, 0.3) is 0 Å². The maximum absolute atomic E-state index is 6.55. The number of halogens is 1. The van der Waals surface area contributed by atoms with Crippen LogP contribution in [0.15, 0.2) is 36.4 Å². The fourth-order valence-electron chi connectivity index (χ4n) is 3.78. The molecule has 2 N–H and O–H groups in total. The van der Waals surface area contributed by atoms with Crippen LogP contribution in [-0.4, -0.2) is 23.5 Å². The van der Waals surface area contributed by atoms with E-state index in [2.05, 4.69) is 11.8 Å². The van der Waals surface area contributed by atoms with Crippen LogP contribution >= 0.6 is 11.6 Å². The van der Waals surface area contributed by atoms with E-state index in [1.807, 2.05) is 36.4 Å². The average Bonchev–Trinajstić information content (AvgIpc) is 3.05. The number of hydrogen-bond acceptors (Lipinski definition) is 4. The highest BCUT2D eigenvalue weighted by atomic mass is 35.5. The zero-order valence-electron chi connectivity index (χ0n) is 15.1. The number of nitrogens with two attached hydrogens (primary N) is 1. The summed E-state index contributed by atoms with van der Waals surface area (Å²) in [7, 11) is 1.67. The normalized spacial score (nSPS) is 14.0.